The SMILES string of the molecule is COCCNCc1c(F)cccc1N(C)C(C)COC. The van der Waals surface area contributed by atoms with Gasteiger partial charge in [0.15, 0.2) is 0 Å². The van der Waals surface area contributed by atoms with Crippen molar-refractivity contribution in [2.45, 2.75) is 19.5 Å². The molecule has 1 aromatic carbocycles. The summed E-state index contributed by atoms with van der Waals surface area (Å²) in [5.74, 6) is -0.191. The minimum atomic E-state index is -0.191. The average Bonchev–Trinajstić information content (AvgIpc) is 2.44. The van der Waals surface area contributed by atoms with Crippen LogP contribution in [0.15, 0.2) is 18.2 Å². The second-order valence-corrected chi connectivity index (χ2v) is 4.82. The Balaban J connectivity index is 2.81. The van der Waals surface area contributed by atoms with Crippen molar-refractivity contribution < 1.29 is 13.9 Å². The van der Waals surface area contributed by atoms with E-state index >= 15 is 0 Å². The molecule has 0 bridgehead atoms. The molecule has 1 aromatic rings. The van der Waals surface area contributed by atoms with Crippen molar-refractivity contribution in [1.29, 1.82) is 0 Å². The summed E-state index contributed by atoms with van der Waals surface area (Å²) in [6, 6.07) is 5.34. The van der Waals surface area contributed by atoms with Crippen molar-refractivity contribution in [2.75, 3.05) is 45.9 Å². The Labute approximate surface area is 120 Å². The molecule has 114 valence electrons. The Kier molecular flexibility index (Phi) is 7.51. The Morgan fingerprint density at radius 3 is 2.70 bits per heavy atom. The largest absolute Gasteiger partial charge is 0.383 e. The predicted octanol–water partition coefficient (Wildman–Crippen LogP) is 2.03. The highest BCUT2D eigenvalue weighted by Gasteiger charge is 2.16. The van der Waals surface area contributed by atoms with Gasteiger partial charge in [0, 0.05) is 51.6 Å². The summed E-state index contributed by atoms with van der Waals surface area (Å²) in [6.45, 7) is 4.44. The zero-order valence-electron chi connectivity index (χ0n) is 12.8. The molecule has 0 fully saturated rings. The summed E-state index contributed by atoms with van der Waals surface area (Å²) in [6.07, 6.45) is 0. The van der Waals surface area contributed by atoms with E-state index in [4.69, 9.17) is 9.47 Å². The van der Waals surface area contributed by atoms with Gasteiger partial charge in [0.25, 0.3) is 0 Å². The fraction of sp³-hybridized carbons (Fsp3) is 0.600. The minimum Gasteiger partial charge on any atom is -0.383 e. The van der Waals surface area contributed by atoms with Crippen molar-refractivity contribution >= 4 is 5.69 Å². The monoisotopic (exact) mass is 284 g/mol. The standard InChI is InChI=1S/C15H25FN2O2/c1-12(11-20-4)18(2)15-7-5-6-14(16)13(15)10-17-8-9-19-3/h5-7,12,17H,8-11H2,1-4H3. The molecule has 0 saturated carbocycles. The number of ether oxygens (including phenoxy) is 2. The first-order valence-electron chi connectivity index (χ1n) is 6.80. The smallest absolute Gasteiger partial charge is 0.129 e. The second kappa shape index (κ2) is 8.89. The van der Waals surface area contributed by atoms with Crippen LogP contribution >= 0.6 is 0 Å². The Hall–Kier alpha value is -1.17. The molecule has 0 radical (unpaired) electrons. The van der Waals surface area contributed by atoms with Crippen LogP contribution in [0.3, 0.4) is 0 Å². The van der Waals surface area contributed by atoms with Crippen LogP contribution in [0.5, 0.6) is 0 Å². The number of rotatable bonds is 9. The Morgan fingerprint density at radius 2 is 2.05 bits per heavy atom. The van der Waals surface area contributed by atoms with Gasteiger partial charge < -0.3 is 19.7 Å². The van der Waals surface area contributed by atoms with Crippen molar-refractivity contribution in [3.05, 3.63) is 29.6 Å². The van der Waals surface area contributed by atoms with E-state index in [1.54, 1.807) is 20.3 Å². The fourth-order valence-electron chi connectivity index (χ4n) is 2.03. The third-order valence-electron chi connectivity index (χ3n) is 3.33. The fourth-order valence-corrected chi connectivity index (χ4v) is 2.03. The maximum atomic E-state index is 14.0. The van der Waals surface area contributed by atoms with E-state index in [-0.39, 0.29) is 11.9 Å². The summed E-state index contributed by atoms with van der Waals surface area (Å²) >= 11 is 0. The molecule has 0 heterocycles. The number of nitrogens with zero attached hydrogens (tertiary/aromatic N) is 1. The maximum absolute atomic E-state index is 14.0. The number of halogens is 1. The third-order valence-corrected chi connectivity index (χ3v) is 3.33. The van der Waals surface area contributed by atoms with Crippen LogP contribution in [-0.2, 0) is 16.0 Å². The first kappa shape index (κ1) is 16.9. The summed E-state index contributed by atoms with van der Waals surface area (Å²) in [7, 11) is 5.27. The van der Waals surface area contributed by atoms with Crippen LogP contribution in [0.4, 0.5) is 10.1 Å². The van der Waals surface area contributed by atoms with Gasteiger partial charge in [0.05, 0.1) is 13.2 Å². The van der Waals surface area contributed by atoms with Crippen molar-refractivity contribution in [1.82, 2.24) is 5.32 Å². The van der Waals surface area contributed by atoms with Crippen LogP contribution in [0.2, 0.25) is 0 Å². The molecule has 0 aliphatic heterocycles. The molecular weight excluding hydrogens is 259 g/mol. The van der Waals surface area contributed by atoms with E-state index in [1.165, 1.54) is 6.07 Å². The van der Waals surface area contributed by atoms with Crippen molar-refractivity contribution in [3.63, 3.8) is 0 Å². The molecule has 0 aromatic heterocycles. The van der Waals surface area contributed by atoms with E-state index in [0.717, 1.165) is 5.69 Å². The second-order valence-electron chi connectivity index (χ2n) is 4.82. The molecular formula is C15H25FN2O2. The first-order chi connectivity index (χ1) is 9.61. The summed E-state index contributed by atoms with van der Waals surface area (Å²) in [5.41, 5.74) is 1.56. The normalized spacial score (nSPS) is 12.4. The molecule has 1 atom stereocenters. The highest BCUT2D eigenvalue weighted by Crippen LogP contribution is 2.24. The lowest BCUT2D eigenvalue weighted by Gasteiger charge is -2.28. The number of anilines is 1. The van der Waals surface area contributed by atoms with E-state index in [9.17, 15) is 4.39 Å². The summed E-state index contributed by atoms with van der Waals surface area (Å²) in [4.78, 5) is 2.04. The topological polar surface area (TPSA) is 33.7 Å². The van der Waals surface area contributed by atoms with Crippen LogP contribution in [0.25, 0.3) is 0 Å². The van der Waals surface area contributed by atoms with Gasteiger partial charge in [-0.1, -0.05) is 6.07 Å². The molecule has 1 N–H and O–H groups in total. The van der Waals surface area contributed by atoms with Gasteiger partial charge in [0.1, 0.15) is 5.82 Å². The Bertz CT molecular complexity index is 401. The summed E-state index contributed by atoms with van der Waals surface area (Å²) < 4.78 is 24.2. The zero-order chi connectivity index (χ0) is 15.0. The van der Waals surface area contributed by atoms with Gasteiger partial charge in [-0.3, -0.25) is 0 Å². The molecule has 1 rings (SSSR count). The van der Waals surface area contributed by atoms with Crippen LogP contribution in [0, 0.1) is 5.82 Å². The molecule has 4 nitrogen and oxygen atoms in total. The average molecular weight is 284 g/mol. The van der Waals surface area contributed by atoms with Gasteiger partial charge in [-0.15, -0.1) is 0 Å². The van der Waals surface area contributed by atoms with Gasteiger partial charge >= 0.3 is 0 Å². The van der Waals surface area contributed by atoms with Gasteiger partial charge in [-0.05, 0) is 19.1 Å². The van der Waals surface area contributed by atoms with Gasteiger partial charge in [0.2, 0.25) is 0 Å². The highest BCUT2D eigenvalue weighted by molar-refractivity contribution is 5.54. The van der Waals surface area contributed by atoms with E-state index < -0.39 is 0 Å². The molecule has 0 aliphatic carbocycles. The molecule has 5 heteroatoms. The maximum Gasteiger partial charge on any atom is 0.129 e. The van der Waals surface area contributed by atoms with Crippen LogP contribution in [0.1, 0.15) is 12.5 Å². The number of methoxy groups -OCH3 is 2. The van der Waals surface area contributed by atoms with Crippen LogP contribution in [-0.4, -0.2) is 47.1 Å². The molecule has 0 saturated heterocycles. The van der Waals surface area contributed by atoms with E-state index in [0.29, 0.717) is 31.9 Å². The summed E-state index contributed by atoms with van der Waals surface area (Å²) in [5, 5.41) is 3.19. The molecule has 0 amide bonds. The van der Waals surface area contributed by atoms with Gasteiger partial charge in [-0.2, -0.15) is 0 Å². The van der Waals surface area contributed by atoms with Gasteiger partial charge in [-0.25, -0.2) is 4.39 Å². The van der Waals surface area contributed by atoms with Crippen LogP contribution < -0.4 is 10.2 Å². The number of nitrogens with one attached hydrogen (secondary N) is 1. The lowest BCUT2D eigenvalue weighted by Crippen LogP contribution is -2.34. The number of likely N-dealkylation sites (N-methyl/N-ethyl adjacent to an activating group) is 1. The highest BCUT2D eigenvalue weighted by atomic mass is 19.1. The minimum absolute atomic E-state index is 0.180. The first-order valence-corrected chi connectivity index (χ1v) is 6.80. The quantitative estimate of drug-likeness (QED) is 0.704. The molecule has 20 heavy (non-hydrogen) atoms. The number of hydrogen-bond donors (Lipinski definition) is 1. The van der Waals surface area contributed by atoms with E-state index in [1.807, 2.05) is 18.0 Å². The molecule has 0 aliphatic rings. The number of benzene rings is 1. The lowest BCUT2D eigenvalue weighted by atomic mass is 10.1. The predicted molar refractivity (Wildman–Crippen MR) is 79.7 cm³/mol. The zero-order valence-corrected chi connectivity index (χ0v) is 12.8. The third kappa shape index (κ3) is 4.74. The molecule has 1 unspecified atom stereocenters. The van der Waals surface area contributed by atoms with Crippen molar-refractivity contribution in [2.24, 2.45) is 0 Å². The molecule has 0 spiro atoms. The lowest BCUT2D eigenvalue weighted by molar-refractivity contribution is 0.183. The van der Waals surface area contributed by atoms with Crippen molar-refractivity contribution in [3.8, 4) is 0 Å². The number of hydrogen-bond acceptors (Lipinski definition) is 4. The Morgan fingerprint density at radius 1 is 1.30 bits per heavy atom. The van der Waals surface area contributed by atoms with E-state index in [2.05, 4.69) is 12.2 Å².